The van der Waals surface area contributed by atoms with Crippen LogP contribution in [0.1, 0.15) is 0 Å². The standard InChI is InChI=1S/C4H5N3S2/c5-2-1-3(8)6-7-4(2)9/h1H,(H,7,9)(H3,5,6,8). The average Bonchev–Trinajstić information content (AvgIpc) is 1.80. The molecular formula is C4H5N3S2. The summed E-state index contributed by atoms with van der Waals surface area (Å²) in [5, 5.41) is 5.27. The molecule has 4 N–H and O–H groups in total. The summed E-state index contributed by atoms with van der Waals surface area (Å²) in [6, 6.07) is 1.61. The fraction of sp³-hybridized carbons (Fsp3) is 0. The van der Waals surface area contributed by atoms with E-state index in [1.165, 1.54) is 0 Å². The normalized spacial score (nSPS) is 9.33. The van der Waals surface area contributed by atoms with Crippen molar-refractivity contribution in [2.24, 2.45) is 0 Å². The molecule has 0 saturated carbocycles. The van der Waals surface area contributed by atoms with Gasteiger partial charge < -0.3 is 5.73 Å². The predicted octanol–water partition coefficient (Wildman–Crippen LogP) is 1.38. The summed E-state index contributed by atoms with van der Waals surface area (Å²) in [5.74, 6) is 0. The Labute approximate surface area is 61.9 Å². The molecule has 0 aliphatic heterocycles. The minimum Gasteiger partial charge on any atom is -0.396 e. The van der Waals surface area contributed by atoms with Crippen LogP contribution in [0.4, 0.5) is 5.69 Å². The van der Waals surface area contributed by atoms with E-state index in [0.717, 1.165) is 0 Å². The monoisotopic (exact) mass is 159 g/mol. The van der Waals surface area contributed by atoms with Crippen molar-refractivity contribution in [1.82, 2.24) is 10.2 Å². The number of hydrogen-bond acceptors (Lipinski definition) is 3. The van der Waals surface area contributed by atoms with E-state index >= 15 is 0 Å². The molecule has 1 heterocycles. The lowest BCUT2D eigenvalue weighted by Gasteiger charge is -1.89. The molecule has 0 aliphatic carbocycles. The lowest BCUT2D eigenvalue weighted by atomic mass is 10.5. The Morgan fingerprint density at radius 2 is 2.00 bits per heavy atom. The zero-order chi connectivity index (χ0) is 6.85. The molecule has 3 nitrogen and oxygen atoms in total. The molecule has 0 unspecified atom stereocenters. The third-order valence-corrected chi connectivity index (χ3v) is 1.41. The van der Waals surface area contributed by atoms with Gasteiger partial charge >= 0.3 is 0 Å². The van der Waals surface area contributed by atoms with Crippen LogP contribution in [0.5, 0.6) is 0 Å². The van der Waals surface area contributed by atoms with E-state index < -0.39 is 0 Å². The third kappa shape index (κ3) is 1.36. The molecule has 5 heteroatoms. The van der Waals surface area contributed by atoms with Gasteiger partial charge in [-0.25, -0.2) is 0 Å². The van der Waals surface area contributed by atoms with Crippen LogP contribution in [0.2, 0.25) is 0 Å². The van der Waals surface area contributed by atoms with Crippen LogP contribution >= 0.6 is 24.4 Å². The molecule has 9 heavy (non-hydrogen) atoms. The van der Waals surface area contributed by atoms with Gasteiger partial charge in [-0.1, -0.05) is 24.4 Å². The second-order valence-electron chi connectivity index (χ2n) is 1.54. The van der Waals surface area contributed by atoms with Crippen LogP contribution < -0.4 is 5.73 Å². The molecule has 0 radical (unpaired) electrons. The topological polar surface area (TPSA) is 57.6 Å². The summed E-state index contributed by atoms with van der Waals surface area (Å²) >= 11 is 9.50. The maximum absolute atomic E-state index is 5.40. The molecular weight excluding hydrogens is 154 g/mol. The van der Waals surface area contributed by atoms with Gasteiger partial charge in [0, 0.05) is 6.07 Å². The van der Waals surface area contributed by atoms with Gasteiger partial charge in [-0.15, -0.1) is 0 Å². The summed E-state index contributed by atoms with van der Waals surface area (Å²) in [5.41, 5.74) is 5.91. The summed E-state index contributed by atoms with van der Waals surface area (Å²) < 4.78 is 1.05. The molecule has 1 aromatic rings. The van der Waals surface area contributed by atoms with Gasteiger partial charge in [0.25, 0.3) is 0 Å². The van der Waals surface area contributed by atoms with Crippen molar-refractivity contribution < 1.29 is 0 Å². The number of hydrogen-bond donors (Lipinski definition) is 3. The van der Waals surface area contributed by atoms with Crippen molar-refractivity contribution >= 4 is 30.1 Å². The highest BCUT2D eigenvalue weighted by atomic mass is 32.1. The number of aromatic nitrogens is 2. The first-order valence-electron chi connectivity index (χ1n) is 2.27. The fourth-order valence-electron chi connectivity index (χ4n) is 0.433. The van der Waals surface area contributed by atoms with E-state index in [4.69, 9.17) is 30.2 Å². The molecule has 1 aromatic heterocycles. The van der Waals surface area contributed by atoms with Crippen molar-refractivity contribution in [3.63, 3.8) is 0 Å². The van der Waals surface area contributed by atoms with Crippen LogP contribution in [0.3, 0.4) is 0 Å². The zero-order valence-electron chi connectivity index (χ0n) is 4.47. The number of H-pyrrole nitrogens is 2. The minimum atomic E-state index is 0.489. The lowest BCUT2D eigenvalue weighted by molar-refractivity contribution is 1.01. The van der Waals surface area contributed by atoms with E-state index in [-0.39, 0.29) is 0 Å². The molecule has 0 aliphatic rings. The number of nitrogens with one attached hydrogen (secondary N) is 2. The van der Waals surface area contributed by atoms with Gasteiger partial charge in [-0.05, 0) is 0 Å². The maximum atomic E-state index is 5.40. The van der Waals surface area contributed by atoms with E-state index in [0.29, 0.717) is 15.0 Å². The Morgan fingerprint density at radius 1 is 1.33 bits per heavy atom. The number of nitrogens with two attached hydrogens (primary N) is 1. The summed E-state index contributed by atoms with van der Waals surface area (Å²) in [4.78, 5) is 0. The van der Waals surface area contributed by atoms with Gasteiger partial charge in [-0.2, -0.15) is 0 Å². The van der Waals surface area contributed by atoms with Gasteiger partial charge in [0.15, 0.2) is 0 Å². The quantitative estimate of drug-likeness (QED) is 0.501. The van der Waals surface area contributed by atoms with Crippen molar-refractivity contribution in [2.75, 3.05) is 5.73 Å². The Bertz CT molecular complexity index is 310. The second-order valence-corrected chi connectivity index (χ2v) is 2.39. The minimum absolute atomic E-state index is 0.489. The zero-order valence-corrected chi connectivity index (χ0v) is 6.10. The average molecular weight is 159 g/mol. The van der Waals surface area contributed by atoms with Crippen LogP contribution in [-0.4, -0.2) is 10.2 Å². The summed E-state index contributed by atoms with van der Waals surface area (Å²) in [7, 11) is 0. The third-order valence-electron chi connectivity index (χ3n) is 0.848. The van der Waals surface area contributed by atoms with Crippen LogP contribution in [-0.2, 0) is 0 Å². The highest BCUT2D eigenvalue weighted by Gasteiger charge is 1.84. The Morgan fingerprint density at radius 3 is 2.44 bits per heavy atom. The van der Waals surface area contributed by atoms with Crippen LogP contribution in [0, 0.1) is 9.28 Å². The molecule has 48 valence electrons. The fourth-order valence-corrected chi connectivity index (χ4v) is 0.721. The van der Waals surface area contributed by atoms with E-state index in [1.54, 1.807) is 6.07 Å². The van der Waals surface area contributed by atoms with Gasteiger partial charge in [-0.3, -0.25) is 10.2 Å². The lowest BCUT2D eigenvalue weighted by Crippen LogP contribution is -1.90. The highest BCUT2D eigenvalue weighted by Crippen LogP contribution is 1.98. The smallest absolute Gasteiger partial charge is 0.141 e. The second kappa shape index (κ2) is 2.28. The Kier molecular flexibility index (Phi) is 1.63. The molecule has 0 spiro atoms. The number of rotatable bonds is 0. The van der Waals surface area contributed by atoms with Crippen molar-refractivity contribution in [3.05, 3.63) is 15.3 Å². The Hall–Kier alpha value is -0.680. The SMILES string of the molecule is Nc1cc(=S)[nH][nH]c1=S. The highest BCUT2D eigenvalue weighted by molar-refractivity contribution is 7.71. The largest absolute Gasteiger partial charge is 0.396 e. The van der Waals surface area contributed by atoms with Gasteiger partial charge in [0.2, 0.25) is 0 Å². The van der Waals surface area contributed by atoms with Crippen LogP contribution in [0.15, 0.2) is 6.07 Å². The molecule has 0 amide bonds. The molecule has 0 aromatic carbocycles. The van der Waals surface area contributed by atoms with Crippen molar-refractivity contribution in [1.29, 1.82) is 0 Å². The first-order valence-corrected chi connectivity index (χ1v) is 3.09. The molecule has 0 saturated heterocycles. The first kappa shape index (κ1) is 6.44. The predicted molar refractivity (Wildman–Crippen MR) is 41.2 cm³/mol. The number of anilines is 1. The first-order chi connectivity index (χ1) is 4.20. The molecule has 0 atom stereocenters. The van der Waals surface area contributed by atoms with E-state index in [1.807, 2.05) is 0 Å². The molecule has 0 bridgehead atoms. The summed E-state index contributed by atoms with van der Waals surface area (Å²) in [6.45, 7) is 0. The van der Waals surface area contributed by atoms with Gasteiger partial charge in [0.1, 0.15) is 9.28 Å². The van der Waals surface area contributed by atoms with Crippen molar-refractivity contribution in [2.45, 2.75) is 0 Å². The Balaban J connectivity index is 3.52. The summed E-state index contributed by atoms with van der Waals surface area (Å²) in [6.07, 6.45) is 0. The number of aromatic amines is 2. The van der Waals surface area contributed by atoms with Gasteiger partial charge in [0.05, 0.1) is 5.69 Å². The van der Waals surface area contributed by atoms with Crippen molar-refractivity contribution in [3.8, 4) is 0 Å². The maximum Gasteiger partial charge on any atom is 0.141 e. The molecule has 1 rings (SSSR count). The van der Waals surface area contributed by atoms with Crippen LogP contribution in [0.25, 0.3) is 0 Å². The van der Waals surface area contributed by atoms with E-state index in [2.05, 4.69) is 10.2 Å². The van der Waals surface area contributed by atoms with E-state index in [9.17, 15) is 0 Å². The number of nitrogen functional groups attached to an aromatic ring is 1. The molecule has 0 fully saturated rings.